The summed E-state index contributed by atoms with van der Waals surface area (Å²) >= 11 is 6.58. The van der Waals surface area contributed by atoms with Crippen LogP contribution in [0.15, 0.2) is 27.1 Å². The van der Waals surface area contributed by atoms with E-state index < -0.39 is 0 Å². The highest BCUT2D eigenvalue weighted by Crippen LogP contribution is 2.21. The largest absolute Gasteiger partial charge is 0.395 e. The van der Waals surface area contributed by atoms with Crippen LogP contribution in [0.3, 0.4) is 0 Å². The van der Waals surface area contributed by atoms with Gasteiger partial charge in [0.15, 0.2) is 0 Å². The molecule has 0 atom stereocenters. The van der Waals surface area contributed by atoms with E-state index in [1.807, 2.05) is 0 Å². The monoisotopic (exact) mass is 321 g/mol. The van der Waals surface area contributed by atoms with Crippen LogP contribution in [-0.4, -0.2) is 24.2 Å². The second-order valence-corrected chi connectivity index (χ2v) is 4.37. The van der Waals surface area contributed by atoms with Crippen molar-refractivity contribution >= 4 is 37.8 Å². The number of aliphatic hydroxyl groups is 1. The van der Waals surface area contributed by atoms with Gasteiger partial charge < -0.3 is 10.4 Å². The first-order chi connectivity index (χ1) is 6.65. The SMILES string of the molecule is O=C(NCCO)c1ccc(Br)cc1Br. The number of carbonyl (C=O) groups is 1. The summed E-state index contributed by atoms with van der Waals surface area (Å²) in [7, 11) is 0. The molecule has 76 valence electrons. The fourth-order valence-electron chi connectivity index (χ4n) is 0.938. The lowest BCUT2D eigenvalue weighted by molar-refractivity contribution is 0.0944. The summed E-state index contributed by atoms with van der Waals surface area (Å²) in [5, 5.41) is 11.1. The van der Waals surface area contributed by atoms with E-state index in [1.165, 1.54) is 0 Å². The lowest BCUT2D eigenvalue weighted by atomic mass is 10.2. The fourth-order valence-corrected chi connectivity index (χ4v) is 2.17. The van der Waals surface area contributed by atoms with Gasteiger partial charge in [-0.05, 0) is 34.1 Å². The van der Waals surface area contributed by atoms with Crippen molar-refractivity contribution in [1.29, 1.82) is 0 Å². The number of nitrogens with one attached hydrogen (secondary N) is 1. The molecular weight excluding hydrogens is 314 g/mol. The van der Waals surface area contributed by atoms with Crippen LogP contribution in [0.2, 0.25) is 0 Å². The van der Waals surface area contributed by atoms with Crippen molar-refractivity contribution in [1.82, 2.24) is 5.32 Å². The maximum absolute atomic E-state index is 11.5. The molecule has 0 aliphatic heterocycles. The van der Waals surface area contributed by atoms with E-state index >= 15 is 0 Å². The molecule has 0 aliphatic rings. The number of carbonyl (C=O) groups excluding carboxylic acids is 1. The minimum Gasteiger partial charge on any atom is -0.395 e. The number of halogens is 2. The molecule has 0 aromatic heterocycles. The normalized spacial score (nSPS) is 9.93. The number of aliphatic hydroxyl groups excluding tert-OH is 1. The number of amides is 1. The van der Waals surface area contributed by atoms with Gasteiger partial charge in [-0.2, -0.15) is 0 Å². The van der Waals surface area contributed by atoms with Gasteiger partial charge in [0.05, 0.1) is 12.2 Å². The summed E-state index contributed by atoms with van der Waals surface area (Å²) in [5.41, 5.74) is 0.557. The number of rotatable bonds is 3. The van der Waals surface area contributed by atoms with Crippen molar-refractivity contribution in [2.45, 2.75) is 0 Å². The van der Waals surface area contributed by atoms with E-state index in [0.29, 0.717) is 5.56 Å². The lowest BCUT2D eigenvalue weighted by Gasteiger charge is -2.05. The first-order valence-electron chi connectivity index (χ1n) is 3.99. The molecule has 0 spiro atoms. The average molecular weight is 323 g/mol. The summed E-state index contributed by atoms with van der Waals surface area (Å²) in [6.07, 6.45) is 0. The molecule has 0 fully saturated rings. The smallest absolute Gasteiger partial charge is 0.252 e. The van der Waals surface area contributed by atoms with Crippen LogP contribution in [0.4, 0.5) is 0 Å². The molecule has 5 heteroatoms. The number of hydrogen-bond acceptors (Lipinski definition) is 2. The Morgan fingerprint density at radius 3 is 2.71 bits per heavy atom. The van der Waals surface area contributed by atoms with Crippen molar-refractivity contribution < 1.29 is 9.90 Å². The maximum atomic E-state index is 11.5. The van der Waals surface area contributed by atoms with Crippen molar-refractivity contribution in [2.24, 2.45) is 0 Å². The van der Waals surface area contributed by atoms with E-state index in [-0.39, 0.29) is 19.1 Å². The third-order valence-electron chi connectivity index (χ3n) is 1.57. The number of benzene rings is 1. The van der Waals surface area contributed by atoms with E-state index in [9.17, 15) is 4.79 Å². The third-order valence-corrected chi connectivity index (χ3v) is 2.72. The minimum atomic E-state index is -0.196. The Bertz CT molecular complexity index is 342. The van der Waals surface area contributed by atoms with Crippen molar-refractivity contribution in [3.8, 4) is 0 Å². The Kier molecular flexibility index (Phi) is 4.57. The first kappa shape index (κ1) is 11.7. The molecule has 0 saturated carbocycles. The zero-order chi connectivity index (χ0) is 10.6. The van der Waals surface area contributed by atoms with Crippen LogP contribution in [0.1, 0.15) is 10.4 Å². The van der Waals surface area contributed by atoms with Crippen LogP contribution in [-0.2, 0) is 0 Å². The second kappa shape index (κ2) is 5.48. The van der Waals surface area contributed by atoms with Gasteiger partial charge in [0.2, 0.25) is 0 Å². The first-order valence-corrected chi connectivity index (χ1v) is 5.58. The second-order valence-electron chi connectivity index (χ2n) is 2.60. The molecular formula is C9H9Br2NO2. The van der Waals surface area contributed by atoms with Crippen LogP contribution in [0, 0.1) is 0 Å². The Balaban J connectivity index is 2.80. The molecule has 1 aromatic carbocycles. The Morgan fingerprint density at radius 2 is 2.14 bits per heavy atom. The summed E-state index contributed by atoms with van der Waals surface area (Å²) < 4.78 is 1.63. The summed E-state index contributed by atoms with van der Waals surface area (Å²) in [6, 6.07) is 5.30. The van der Waals surface area contributed by atoms with E-state index in [0.717, 1.165) is 8.95 Å². The third kappa shape index (κ3) is 3.08. The highest BCUT2D eigenvalue weighted by Gasteiger charge is 2.08. The van der Waals surface area contributed by atoms with Crippen LogP contribution in [0.5, 0.6) is 0 Å². The Morgan fingerprint density at radius 1 is 1.43 bits per heavy atom. The van der Waals surface area contributed by atoms with Gasteiger partial charge in [-0.15, -0.1) is 0 Å². The quantitative estimate of drug-likeness (QED) is 0.893. The van der Waals surface area contributed by atoms with Crippen LogP contribution in [0.25, 0.3) is 0 Å². The Labute approximate surface area is 98.8 Å². The predicted molar refractivity (Wildman–Crippen MR) is 61.3 cm³/mol. The zero-order valence-corrected chi connectivity index (χ0v) is 10.4. The molecule has 0 saturated heterocycles. The molecule has 0 aliphatic carbocycles. The predicted octanol–water partition coefficient (Wildman–Crippen LogP) is 1.93. The van der Waals surface area contributed by atoms with Gasteiger partial charge in [-0.25, -0.2) is 0 Å². The van der Waals surface area contributed by atoms with Gasteiger partial charge in [0.25, 0.3) is 5.91 Å². The Hall–Kier alpha value is -0.390. The average Bonchev–Trinajstić information content (AvgIpc) is 2.14. The van der Waals surface area contributed by atoms with Crippen LogP contribution < -0.4 is 5.32 Å². The molecule has 1 aromatic rings. The summed E-state index contributed by atoms with van der Waals surface area (Å²) in [4.78, 5) is 11.5. The van der Waals surface area contributed by atoms with Crippen LogP contribution >= 0.6 is 31.9 Å². The minimum absolute atomic E-state index is 0.0557. The molecule has 1 rings (SSSR count). The summed E-state index contributed by atoms with van der Waals surface area (Å²) in [5.74, 6) is -0.196. The van der Waals surface area contributed by atoms with Gasteiger partial charge in [0.1, 0.15) is 0 Å². The zero-order valence-electron chi connectivity index (χ0n) is 7.26. The molecule has 0 heterocycles. The molecule has 14 heavy (non-hydrogen) atoms. The highest BCUT2D eigenvalue weighted by atomic mass is 79.9. The summed E-state index contributed by atoms with van der Waals surface area (Å²) in [6.45, 7) is 0.210. The molecule has 0 unspecified atom stereocenters. The van der Waals surface area contributed by atoms with Crippen molar-refractivity contribution in [2.75, 3.05) is 13.2 Å². The molecule has 3 nitrogen and oxygen atoms in total. The van der Waals surface area contributed by atoms with E-state index in [1.54, 1.807) is 18.2 Å². The van der Waals surface area contributed by atoms with Crippen molar-refractivity contribution in [3.63, 3.8) is 0 Å². The van der Waals surface area contributed by atoms with Gasteiger partial charge in [-0.1, -0.05) is 15.9 Å². The standard InChI is InChI=1S/C9H9Br2NO2/c10-6-1-2-7(8(11)5-6)9(14)12-3-4-13/h1-2,5,13H,3-4H2,(H,12,14). The highest BCUT2D eigenvalue weighted by molar-refractivity contribution is 9.11. The fraction of sp³-hybridized carbons (Fsp3) is 0.222. The molecule has 0 bridgehead atoms. The molecule has 2 N–H and O–H groups in total. The van der Waals surface area contributed by atoms with Gasteiger partial charge >= 0.3 is 0 Å². The molecule has 0 radical (unpaired) electrons. The van der Waals surface area contributed by atoms with Crippen molar-refractivity contribution in [3.05, 3.63) is 32.7 Å². The van der Waals surface area contributed by atoms with E-state index in [2.05, 4.69) is 37.2 Å². The van der Waals surface area contributed by atoms with E-state index in [4.69, 9.17) is 5.11 Å². The molecule has 1 amide bonds. The topological polar surface area (TPSA) is 49.3 Å². The maximum Gasteiger partial charge on any atom is 0.252 e. The lowest BCUT2D eigenvalue weighted by Crippen LogP contribution is -2.26. The van der Waals surface area contributed by atoms with Gasteiger partial charge in [0, 0.05) is 15.5 Å². The number of hydrogen-bond donors (Lipinski definition) is 2. The van der Waals surface area contributed by atoms with Gasteiger partial charge in [-0.3, -0.25) is 4.79 Å².